The van der Waals surface area contributed by atoms with Gasteiger partial charge in [-0.1, -0.05) is 12.1 Å². The van der Waals surface area contributed by atoms with Crippen LogP contribution in [-0.2, 0) is 6.54 Å². The number of benzene rings is 2. The minimum absolute atomic E-state index is 0.209. The molecule has 0 fully saturated rings. The highest BCUT2D eigenvalue weighted by Crippen LogP contribution is 2.19. The maximum atomic E-state index is 12.9. The van der Waals surface area contributed by atoms with Crippen molar-refractivity contribution in [2.45, 2.75) is 13.5 Å². The number of amides is 1. The molecule has 0 aliphatic heterocycles. The van der Waals surface area contributed by atoms with Crippen molar-refractivity contribution in [1.29, 1.82) is 0 Å². The smallest absolute Gasteiger partial charge is 0.278 e. The van der Waals surface area contributed by atoms with Crippen molar-refractivity contribution in [3.63, 3.8) is 0 Å². The van der Waals surface area contributed by atoms with E-state index in [0.717, 1.165) is 0 Å². The maximum Gasteiger partial charge on any atom is 0.278 e. The molecule has 0 unspecified atom stereocenters. The van der Waals surface area contributed by atoms with E-state index in [2.05, 4.69) is 15.3 Å². The molecule has 4 rings (SSSR count). The number of rotatable bonds is 5. The first-order chi connectivity index (χ1) is 14.6. The second-order valence-corrected chi connectivity index (χ2v) is 6.62. The van der Waals surface area contributed by atoms with Crippen molar-refractivity contribution in [2.75, 3.05) is 12.4 Å². The van der Waals surface area contributed by atoms with E-state index in [1.807, 2.05) is 13.0 Å². The van der Waals surface area contributed by atoms with E-state index in [0.29, 0.717) is 46.0 Å². The van der Waals surface area contributed by atoms with E-state index in [9.17, 15) is 9.59 Å². The molecule has 2 aromatic carbocycles. The van der Waals surface area contributed by atoms with Gasteiger partial charge in [-0.15, -0.1) is 0 Å². The summed E-state index contributed by atoms with van der Waals surface area (Å²) in [5.41, 5.74) is 3.12. The van der Waals surface area contributed by atoms with Gasteiger partial charge in [0.25, 0.3) is 11.5 Å². The van der Waals surface area contributed by atoms with E-state index in [1.54, 1.807) is 72.5 Å². The fraction of sp³-hybridized carbons (Fsp3) is 0.130. The van der Waals surface area contributed by atoms with Crippen LogP contribution >= 0.6 is 0 Å². The Morgan fingerprint density at radius 3 is 2.47 bits per heavy atom. The Morgan fingerprint density at radius 2 is 1.80 bits per heavy atom. The van der Waals surface area contributed by atoms with Crippen molar-refractivity contribution in [1.82, 2.24) is 14.5 Å². The molecule has 1 N–H and O–H groups in total. The van der Waals surface area contributed by atoms with E-state index in [4.69, 9.17) is 4.74 Å². The van der Waals surface area contributed by atoms with Crippen LogP contribution in [-0.4, -0.2) is 27.6 Å². The lowest BCUT2D eigenvalue weighted by Gasteiger charge is -2.10. The average Bonchev–Trinajstić information content (AvgIpc) is 2.79. The first-order valence-electron chi connectivity index (χ1n) is 9.52. The largest absolute Gasteiger partial charge is 0.497 e. The number of nitrogens with zero attached hydrogens (tertiary/aromatic N) is 3. The number of ether oxygens (including phenoxy) is 1. The highest BCUT2D eigenvalue weighted by molar-refractivity contribution is 6.04. The standard InChI is InChI=1S/C23H20N4O3/c1-3-27-21-19(5-4-14-24-21)26-20(23(27)29)15-6-8-16(9-7-15)22(28)25-17-10-12-18(30-2)13-11-17/h4-14H,3H2,1-2H3,(H,25,28). The Balaban J connectivity index is 1.62. The molecule has 0 bridgehead atoms. The van der Waals surface area contributed by atoms with Gasteiger partial charge in [0.1, 0.15) is 17.0 Å². The van der Waals surface area contributed by atoms with Crippen LogP contribution in [0.2, 0.25) is 0 Å². The van der Waals surface area contributed by atoms with Gasteiger partial charge in [0.05, 0.1) is 7.11 Å². The third-order valence-corrected chi connectivity index (χ3v) is 4.79. The quantitative estimate of drug-likeness (QED) is 0.552. The predicted molar refractivity (Wildman–Crippen MR) is 116 cm³/mol. The molecule has 150 valence electrons. The fourth-order valence-electron chi connectivity index (χ4n) is 3.21. The van der Waals surface area contributed by atoms with Crippen LogP contribution in [0.5, 0.6) is 5.75 Å². The van der Waals surface area contributed by atoms with Gasteiger partial charge in [0.2, 0.25) is 0 Å². The van der Waals surface area contributed by atoms with Crippen LogP contribution < -0.4 is 15.6 Å². The molecule has 0 aliphatic rings. The molecule has 2 aromatic heterocycles. The predicted octanol–water partition coefficient (Wildman–Crippen LogP) is 3.74. The van der Waals surface area contributed by atoms with E-state index in [-0.39, 0.29) is 11.5 Å². The lowest BCUT2D eigenvalue weighted by atomic mass is 10.1. The summed E-state index contributed by atoms with van der Waals surface area (Å²) < 4.78 is 6.72. The fourth-order valence-corrected chi connectivity index (χ4v) is 3.21. The number of anilines is 1. The van der Waals surface area contributed by atoms with Gasteiger partial charge in [-0.05, 0) is 55.5 Å². The summed E-state index contributed by atoms with van der Waals surface area (Å²) in [7, 11) is 1.59. The Bertz CT molecular complexity index is 1260. The second-order valence-electron chi connectivity index (χ2n) is 6.62. The lowest BCUT2D eigenvalue weighted by molar-refractivity contribution is 0.102. The maximum absolute atomic E-state index is 12.9. The van der Waals surface area contributed by atoms with Crippen LogP contribution in [0.15, 0.2) is 71.7 Å². The zero-order chi connectivity index (χ0) is 21.1. The number of methoxy groups -OCH3 is 1. The Hall–Kier alpha value is -4.00. The van der Waals surface area contributed by atoms with Gasteiger partial charge in [0.15, 0.2) is 5.65 Å². The number of aryl methyl sites for hydroxylation is 1. The minimum atomic E-state index is -0.242. The number of fused-ring (bicyclic) bond motifs is 1. The Labute approximate surface area is 173 Å². The molecule has 1 amide bonds. The molecular formula is C23H20N4O3. The molecule has 0 saturated heterocycles. The summed E-state index contributed by atoms with van der Waals surface area (Å²) in [6.07, 6.45) is 1.64. The van der Waals surface area contributed by atoms with Crippen LogP contribution in [0.25, 0.3) is 22.4 Å². The number of aromatic nitrogens is 3. The molecular weight excluding hydrogens is 380 g/mol. The summed E-state index contributed by atoms with van der Waals surface area (Å²) in [5.74, 6) is 0.474. The van der Waals surface area contributed by atoms with Gasteiger partial charge >= 0.3 is 0 Å². The summed E-state index contributed by atoms with van der Waals surface area (Å²) in [6.45, 7) is 2.39. The van der Waals surface area contributed by atoms with E-state index >= 15 is 0 Å². The molecule has 4 aromatic rings. The van der Waals surface area contributed by atoms with Crippen LogP contribution in [0.4, 0.5) is 5.69 Å². The Morgan fingerprint density at radius 1 is 1.07 bits per heavy atom. The topological polar surface area (TPSA) is 86.1 Å². The van der Waals surface area contributed by atoms with Gasteiger partial charge in [-0.2, -0.15) is 0 Å². The number of hydrogen-bond donors (Lipinski definition) is 1. The number of nitrogens with one attached hydrogen (secondary N) is 1. The van der Waals surface area contributed by atoms with Crippen LogP contribution in [0.3, 0.4) is 0 Å². The van der Waals surface area contributed by atoms with Crippen LogP contribution in [0.1, 0.15) is 17.3 Å². The lowest BCUT2D eigenvalue weighted by Crippen LogP contribution is -2.23. The zero-order valence-corrected chi connectivity index (χ0v) is 16.6. The minimum Gasteiger partial charge on any atom is -0.497 e. The summed E-state index contributed by atoms with van der Waals surface area (Å²) in [6, 6.07) is 17.5. The molecule has 7 nitrogen and oxygen atoms in total. The molecule has 0 saturated carbocycles. The molecule has 30 heavy (non-hydrogen) atoms. The van der Waals surface area contributed by atoms with E-state index in [1.165, 1.54) is 0 Å². The second kappa shape index (κ2) is 8.16. The van der Waals surface area contributed by atoms with Gasteiger partial charge < -0.3 is 10.1 Å². The molecule has 0 spiro atoms. The average molecular weight is 400 g/mol. The monoisotopic (exact) mass is 400 g/mol. The van der Waals surface area contributed by atoms with E-state index < -0.39 is 0 Å². The normalized spacial score (nSPS) is 10.7. The van der Waals surface area contributed by atoms with Crippen molar-refractivity contribution < 1.29 is 9.53 Å². The number of carbonyl (C=O) groups is 1. The number of hydrogen-bond acceptors (Lipinski definition) is 5. The molecule has 7 heteroatoms. The van der Waals surface area contributed by atoms with Crippen molar-refractivity contribution in [3.05, 3.63) is 82.8 Å². The Kier molecular flexibility index (Phi) is 5.26. The third kappa shape index (κ3) is 3.65. The first-order valence-corrected chi connectivity index (χ1v) is 9.52. The first kappa shape index (κ1) is 19.3. The highest BCUT2D eigenvalue weighted by Gasteiger charge is 2.14. The summed E-state index contributed by atoms with van der Waals surface area (Å²) in [5, 5.41) is 2.84. The summed E-state index contributed by atoms with van der Waals surface area (Å²) >= 11 is 0. The summed E-state index contributed by atoms with van der Waals surface area (Å²) in [4.78, 5) is 34.2. The highest BCUT2D eigenvalue weighted by atomic mass is 16.5. The zero-order valence-electron chi connectivity index (χ0n) is 16.6. The van der Waals surface area contributed by atoms with Gasteiger partial charge in [0, 0.05) is 29.6 Å². The third-order valence-electron chi connectivity index (χ3n) is 4.79. The number of pyridine rings is 1. The van der Waals surface area contributed by atoms with Gasteiger partial charge in [-0.3, -0.25) is 14.2 Å². The number of carbonyl (C=O) groups excluding carboxylic acids is 1. The van der Waals surface area contributed by atoms with Crippen LogP contribution in [0, 0.1) is 0 Å². The molecule has 0 aliphatic carbocycles. The SMILES string of the molecule is CCn1c(=O)c(-c2ccc(C(=O)Nc3ccc(OC)cc3)cc2)nc2cccnc21. The molecule has 0 radical (unpaired) electrons. The van der Waals surface area contributed by atoms with Gasteiger partial charge in [-0.25, -0.2) is 9.97 Å². The van der Waals surface area contributed by atoms with Crippen molar-refractivity contribution in [3.8, 4) is 17.0 Å². The molecule has 0 atom stereocenters. The van der Waals surface area contributed by atoms with Crippen molar-refractivity contribution >= 4 is 22.8 Å². The molecule has 2 heterocycles. The van der Waals surface area contributed by atoms with Crippen molar-refractivity contribution in [2.24, 2.45) is 0 Å².